The normalized spacial score (nSPS) is 22.6. The van der Waals surface area contributed by atoms with Crippen LogP contribution >= 0.6 is 0 Å². The smallest absolute Gasteiger partial charge is 0.317 e. The molecule has 2 amide bonds. The molecule has 0 aliphatic carbocycles. The average molecular weight is 347 g/mol. The molecule has 0 unspecified atom stereocenters. The SMILES string of the molecule is C[C@H]1CN(C2CCOCC2)CCN1C(=O)NCCn1cnc(C#N)n1. The van der Waals surface area contributed by atoms with Crippen LogP contribution in [0.1, 0.15) is 25.6 Å². The number of hydrogen-bond donors (Lipinski definition) is 1. The Hall–Kier alpha value is -2.18. The van der Waals surface area contributed by atoms with Gasteiger partial charge in [-0.25, -0.2) is 14.5 Å². The number of rotatable bonds is 4. The summed E-state index contributed by atoms with van der Waals surface area (Å²) >= 11 is 0. The van der Waals surface area contributed by atoms with Gasteiger partial charge >= 0.3 is 6.03 Å². The molecule has 9 heteroatoms. The maximum Gasteiger partial charge on any atom is 0.317 e. The average Bonchev–Trinajstić information content (AvgIpc) is 3.10. The van der Waals surface area contributed by atoms with Gasteiger partial charge in [0.25, 0.3) is 5.82 Å². The van der Waals surface area contributed by atoms with Crippen LogP contribution in [0.5, 0.6) is 0 Å². The Kier molecular flexibility index (Phi) is 5.83. The first-order valence-corrected chi connectivity index (χ1v) is 8.83. The molecule has 9 nitrogen and oxygen atoms in total. The van der Waals surface area contributed by atoms with Gasteiger partial charge in [0.15, 0.2) is 0 Å². The lowest BCUT2D eigenvalue weighted by atomic mass is 10.0. The predicted molar refractivity (Wildman–Crippen MR) is 89.7 cm³/mol. The number of amides is 2. The molecule has 3 rings (SSSR count). The number of ether oxygens (including phenoxy) is 1. The van der Waals surface area contributed by atoms with Crippen LogP contribution in [-0.2, 0) is 11.3 Å². The van der Waals surface area contributed by atoms with Gasteiger partial charge in [-0.15, -0.1) is 5.10 Å². The number of carbonyl (C=O) groups is 1. The maximum atomic E-state index is 12.4. The van der Waals surface area contributed by atoms with Crippen molar-refractivity contribution in [2.24, 2.45) is 0 Å². The summed E-state index contributed by atoms with van der Waals surface area (Å²) in [5.41, 5.74) is 0. The summed E-state index contributed by atoms with van der Waals surface area (Å²) in [5.74, 6) is 0.143. The van der Waals surface area contributed by atoms with Gasteiger partial charge in [-0.3, -0.25) is 4.90 Å². The molecule has 2 aliphatic heterocycles. The number of nitriles is 1. The minimum Gasteiger partial charge on any atom is -0.381 e. The van der Waals surface area contributed by atoms with Gasteiger partial charge < -0.3 is 15.0 Å². The third-order valence-electron chi connectivity index (χ3n) is 4.88. The van der Waals surface area contributed by atoms with Crippen LogP contribution in [0.15, 0.2) is 6.33 Å². The van der Waals surface area contributed by atoms with E-state index in [1.54, 1.807) is 4.68 Å². The molecule has 1 N–H and O–H groups in total. The molecule has 2 fully saturated rings. The largest absolute Gasteiger partial charge is 0.381 e. The molecule has 0 spiro atoms. The van der Waals surface area contributed by atoms with E-state index >= 15 is 0 Å². The van der Waals surface area contributed by atoms with Crippen molar-refractivity contribution < 1.29 is 9.53 Å². The van der Waals surface area contributed by atoms with E-state index in [4.69, 9.17) is 10.00 Å². The molecule has 2 aliphatic rings. The van der Waals surface area contributed by atoms with E-state index in [-0.39, 0.29) is 17.9 Å². The van der Waals surface area contributed by atoms with E-state index in [1.807, 2.05) is 11.0 Å². The van der Waals surface area contributed by atoms with Crippen LogP contribution in [-0.4, -0.2) is 82.1 Å². The van der Waals surface area contributed by atoms with Crippen molar-refractivity contribution in [1.29, 1.82) is 5.26 Å². The van der Waals surface area contributed by atoms with Crippen molar-refractivity contribution in [2.45, 2.75) is 38.4 Å². The van der Waals surface area contributed by atoms with Gasteiger partial charge in [-0.1, -0.05) is 0 Å². The van der Waals surface area contributed by atoms with Crippen molar-refractivity contribution in [3.8, 4) is 6.07 Å². The zero-order chi connectivity index (χ0) is 17.6. The van der Waals surface area contributed by atoms with E-state index in [1.165, 1.54) is 6.33 Å². The first-order chi connectivity index (χ1) is 12.2. The fraction of sp³-hybridized carbons (Fsp3) is 0.750. The topological polar surface area (TPSA) is 99.3 Å². The maximum absolute atomic E-state index is 12.4. The Labute approximate surface area is 147 Å². The summed E-state index contributed by atoms with van der Waals surface area (Å²) in [7, 11) is 0. The molecule has 25 heavy (non-hydrogen) atoms. The number of nitrogens with zero attached hydrogens (tertiary/aromatic N) is 6. The van der Waals surface area contributed by atoms with E-state index in [2.05, 4.69) is 27.2 Å². The van der Waals surface area contributed by atoms with Gasteiger partial charge in [0.1, 0.15) is 12.4 Å². The summed E-state index contributed by atoms with van der Waals surface area (Å²) in [4.78, 5) is 20.7. The van der Waals surface area contributed by atoms with Gasteiger partial charge in [0.05, 0.1) is 6.54 Å². The highest BCUT2D eigenvalue weighted by Gasteiger charge is 2.31. The highest BCUT2D eigenvalue weighted by molar-refractivity contribution is 5.74. The summed E-state index contributed by atoms with van der Waals surface area (Å²) in [6.07, 6.45) is 3.67. The Morgan fingerprint density at radius 1 is 1.44 bits per heavy atom. The Bertz CT molecular complexity index is 620. The minimum absolute atomic E-state index is 0.0419. The highest BCUT2D eigenvalue weighted by atomic mass is 16.5. The van der Waals surface area contributed by atoms with Gasteiger partial charge in [-0.05, 0) is 19.8 Å². The van der Waals surface area contributed by atoms with Crippen LogP contribution in [0.3, 0.4) is 0 Å². The highest BCUT2D eigenvalue weighted by Crippen LogP contribution is 2.19. The third-order valence-corrected chi connectivity index (χ3v) is 4.88. The number of urea groups is 1. The van der Waals surface area contributed by atoms with E-state index in [0.717, 1.165) is 45.7 Å². The summed E-state index contributed by atoms with van der Waals surface area (Å²) in [6, 6.07) is 2.62. The molecule has 0 saturated carbocycles. The lowest BCUT2D eigenvalue weighted by Gasteiger charge is -2.44. The Balaban J connectivity index is 1.42. The predicted octanol–water partition coefficient (Wildman–Crippen LogP) is 0.0445. The summed E-state index contributed by atoms with van der Waals surface area (Å²) in [5, 5.41) is 15.6. The zero-order valence-electron chi connectivity index (χ0n) is 14.6. The van der Waals surface area contributed by atoms with Crippen molar-refractivity contribution >= 4 is 6.03 Å². The lowest BCUT2D eigenvalue weighted by molar-refractivity contribution is 0.00702. The second-order valence-corrected chi connectivity index (χ2v) is 6.56. The standard InChI is InChI=1S/C16H25N7O2/c1-13-11-21(14-2-8-25-9-3-14)6-7-23(13)16(24)18-4-5-22-12-19-15(10-17)20-22/h12-14H,2-9,11H2,1H3,(H,18,24)/t13-/m0/s1. The monoisotopic (exact) mass is 347 g/mol. The van der Waals surface area contributed by atoms with E-state index in [0.29, 0.717) is 19.1 Å². The number of piperazine rings is 1. The number of hydrogen-bond acceptors (Lipinski definition) is 6. The molecule has 0 bridgehead atoms. The van der Waals surface area contributed by atoms with Crippen molar-refractivity contribution in [2.75, 3.05) is 39.4 Å². The fourth-order valence-corrected chi connectivity index (χ4v) is 3.50. The Morgan fingerprint density at radius 3 is 2.92 bits per heavy atom. The van der Waals surface area contributed by atoms with Gasteiger partial charge in [-0.2, -0.15) is 5.26 Å². The first-order valence-electron chi connectivity index (χ1n) is 8.83. The van der Waals surface area contributed by atoms with Crippen molar-refractivity contribution in [3.63, 3.8) is 0 Å². The Morgan fingerprint density at radius 2 is 2.24 bits per heavy atom. The second-order valence-electron chi connectivity index (χ2n) is 6.56. The molecular weight excluding hydrogens is 322 g/mol. The second kappa shape index (κ2) is 8.27. The molecule has 3 heterocycles. The van der Waals surface area contributed by atoms with Gasteiger partial charge in [0.2, 0.25) is 0 Å². The van der Waals surface area contributed by atoms with Crippen molar-refractivity contribution in [1.82, 2.24) is 29.9 Å². The number of aromatic nitrogens is 3. The fourth-order valence-electron chi connectivity index (χ4n) is 3.50. The van der Waals surface area contributed by atoms with Crippen LogP contribution in [0.25, 0.3) is 0 Å². The minimum atomic E-state index is -0.0419. The van der Waals surface area contributed by atoms with Crippen LogP contribution in [0, 0.1) is 11.3 Å². The molecule has 1 atom stereocenters. The summed E-state index contributed by atoms with van der Waals surface area (Å²) < 4.78 is 7.00. The number of carbonyl (C=O) groups excluding carboxylic acids is 1. The molecule has 2 saturated heterocycles. The molecule has 1 aromatic rings. The lowest BCUT2D eigenvalue weighted by Crippen LogP contribution is -2.59. The van der Waals surface area contributed by atoms with Crippen LogP contribution < -0.4 is 5.32 Å². The first kappa shape index (κ1) is 17.6. The van der Waals surface area contributed by atoms with Crippen LogP contribution in [0.4, 0.5) is 4.79 Å². The molecule has 136 valence electrons. The summed E-state index contributed by atoms with van der Waals surface area (Å²) in [6.45, 7) is 7.31. The van der Waals surface area contributed by atoms with E-state index in [9.17, 15) is 4.79 Å². The third kappa shape index (κ3) is 4.46. The molecule has 0 aromatic carbocycles. The van der Waals surface area contributed by atoms with E-state index < -0.39 is 0 Å². The number of nitrogens with one attached hydrogen (secondary N) is 1. The van der Waals surface area contributed by atoms with Crippen LogP contribution in [0.2, 0.25) is 0 Å². The van der Waals surface area contributed by atoms with Gasteiger partial charge in [0, 0.05) is 51.5 Å². The zero-order valence-corrected chi connectivity index (χ0v) is 14.6. The molecule has 1 aromatic heterocycles. The van der Waals surface area contributed by atoms with Crippen molar-refractivity contribution in [3.05, 3.63) is 12.2 Å². The molecular formula is C16H25N7O2. The molecule has 0 radical (unpaired) electrons. The quantitative estimate of drug-likeness (QED) is 0.826.